The average molecular weight is 458 g/mol. The topological polar surface area (TPSA) is 52.3 Å². The van der Waals surface area contributed by atoms with Gasteiger partial charge >= 0.3 is 5.97 Å². The molecule has 0 aromatic heterocycles. The fourth-order valence-electron chi connectivity index (χ4n) is 3.86. The fraction of sp³-hybridized carbons (Fsp3) is 0.696. The molecule has 2 N–H and O–H groups in total. The lowest BCUT2D eigenvalue weighted by Crippen LogP contribution is -2.39. The van der Waals surface area contributed by atoms with E-state index in [0.717, 1.165) is 5.56 Å². The smallest absolute Gasteiger partial charge is 0.303 e. The summed E-state index contributed by atoms with van der Waals surface area (Å²) in [5.41, 5.74) is 7.26. The first kappa shape index (κ1) is 25.1. The highest BCUT2D eigenvalue weighted by Crippen LogP contribution is 2.54. The van der Waals surface area contributed by atoms with Gasteiger partial charge in [-0.05, 0) is 91.3 Å². The SMILES string of the molecule is CC(=O)OC(C)(C)C.CC(C)CC1(C(N)C(C)Cc2cccc(Br)c2F)CC1. The number of carbonyl (C=O) groups excluding carboxylic acids is 1. The average Bonchev–Trinajstić information content (AvgIpc) is 3.29. The zero-order valence-electron chi connectivity index (χ0n) is 18.4. The molecule has 0 heterocycles. The van der Waals surface area contributed by atoms with Crippen molar-refractivity contribution >= 4 is 21.9 Å². The monoisotopic (exact) mass is 457 g/mol. The molecule has 160 valence electrons. The maximum atomic E-state index is 14.1. The van der Waals surface area contributed by atoms with Gasteiger partial charge < -0.3 is 10.5 Å². The highest BCUT2D eigenvalue weighted by Gasteiger charge is 2.49. The Hall–Kier alpha value is -0.940. The van der Waals surface area contributed by atoms with Gasteiger partial charge in [-0.1, -0.05) is 32.9 Å². The van der Waals surface area contributed by atoms with Crippen LogP contribution in [0.3, 0.4) is 0 Å². The number of ether oxygens (including phenoxy) is 1. The number of esters is 1. The van der Waals surface area contributed by atoms with Gasteiger partial charge in [0.2, 0.25) is 0 Å². The van der Waals surface area contributed by atoms with E-state index in [4.69, 9.17) is 10.5 Å². The van der Waals surface area contributed by atoms with Crippen LogP contribution < -0.4 is 5.73 Å². The number of nitrogens with two attached hydrogens (primary N) is 1. The Morgan fingerprint density at radius 2 is 1.86 bits per heavy atom. The summed E-state index contributed by atoms with van der Waals surface area (Å²) in [5, 5.41) is 0. The Labute approximate surface area is 178 Å². The first-order chi connectivity index (χ1) is 12.8. The van der Waals surface area contributed by atoms with Crippen LogP contribution in [0.5, 0.6) is 0 Å². The fourth-order valence-corrected chi connectivity index (χ4v) is 4.27. The van der Waals surface area contributed by atoms with Crippen LogP contribution in [0.2, 0.25) is 0 Å². The summed E-state index contributed by atoms with van der Waals surface area (Å²) in [6.45, 7) is 13.6. The molecule has 1 aromatic carbocycles. The Morgan fingerprint density at radius 3 is 2.25 bits per heavy atom. The normalized spacial score (nSPS) is 17.4. The van der Waals surface area contributed by atoms with Crippen molar-refractivity contribution in [3.8, 4) is 0 Å². The zero-order valence-corrected chi connectivity index (χ0v) is 20.0. The van der Waals surface area contributed by atoms with E-state index in [2.05, 4.69) is 36.7 Å². The lowest BCUT2D eigenvalue weighted by molar-refractivity contribution is -0.151. The Kier molecular flexibility index (Phi) is 9.14. The van der Waals surface area contributed by atoms with Crippen molar-refractivity contribution in [3.05, 3.63) is 34.1 Å². The first-order valence-corrected chi connectivity index (χ1v) is 10.9. The summed E-state index contributed by atoms with van der Waals surface area (Å²) in [6, 6.07) is 5.67. The van der Waals surface area contributed by atoms with E-state index in [1.807, 2.05) is 32.9 Å². The van der Waals surface area contributed by atoms with E-state index < -0.39 is 0 Å². The Balaban J connectivity index is 0.000000416. The molecule has 0 aliphatic heterocycles. The molecule has 1 aliphatic rings. The molecule has 3 nitrogen and oxygen atoms in total. The number of benzene rings is 1. The molecule has 1 saturated carbocycles. The zero-order chi connectivity index (χ0) is 21.7. The Bertz CT molecular complexity index is 650. The Morgan fingerprint density at radius 1 is 1.29 bits per heavy atom. The van der Waals surface area contributed by atoms with Crippen LogP contribution in [0.4, 0.5) is 4.39 Å². The molecule has 0 spiro atoms. The van der Waals surface area contributed by atoms with Crippen LogP contribution in [-0.4, -0.2) is 17.6 Å². The van der Waals surface area contributed by atoms with Gasteiger partial charge in [0.05, 0.1) is 4.47 Å². The second-order valence-corrected chi connectivity index (χ2v) is 10.4. The third-order valence-corrected chi connectivity index (χ3v) is 5.66. The lowest BCUT2D eigenvalue weighted by atomic mass is 9.79. The van der Waals surface area contributed by atoms with E-state index >= 15 is 0 Å². The number of hydrogen-bond acceptors (Lipinski definition) is 3. The maximum absolute atomic E-state index is 14.1. The molecule has 0 bridgehead atoms. The predicted octanol–water partition coefficient (Wildman–Crippen LogP) is 6.27. The highest BCUT2D eigenvalue weighted by atomic mass is 79.9. The summed E-state index contributed by atoms with van der Waals surface area (Å²) in [5.74, 6) is 0.621. The van der Waals surface area contributed by atoms with Gasteiger partial charge in [-0.3, -0.25) is 4.79 Å². The maximum Gasteiger partial charge on any atom is 0.303 e. The molecular formula is C23H37BrFNO2. The molecule has 1 aromatic rings. The van der Waals surface area contributed by atoms with Crippen molar-refractivity contribution in [2.45, 2.75) is 85.8 Å². The van der Waals surface area contributed by atoms with Crippen molar-refractivity contribution in [2.24, 2.45) is 23.0 Å². The van der Waals surface area contributed by atoms with Gasteiger partial charge in [-0.25, -0.2) is 4.39 Å². The van der Waals surface area contributed by atoms with E-state index in [1.165, 1.54) is 26.2 Å². The molecule has 0 saturated heterocycles. The molecular weight excluding hydrogens is 421 g/mol. The summed E-state index contributed by atoms with van der Waals surface area (Å²) in [6.07, 6.45) is 4.38. The quantitative estimate of drug-likeness (QED) is 0.512. The van der Waals surface area contributed by atoms with Gasteiger partial charge in [0, 0.05) is 13.0 Å². The molecule has 5 heteroatoms. The van der Waals surface area contributed by atoms with Gasteiger partial charge in [-0.2, -0.15) is 0 Å². The summed E-state index contributed by atoms with van der Waals surface area (Å²) in [4.78, 5) is 10.2. The molecule has 1 aliphatic carbocycles. The standard InChI is InChI=1S/C17H25BrFN.C6H12O2/c1-11(2)10-17(7-8-17)16(20)12(3)9-13-5-4-6-14(18)15(13)19;1-5(7)8-6(2,3)4/h4-6,11-12,16H,7-10,20H2,1-3H3;1-4H3. The largest absolute Gasteiger partial charge is 0.460 e. The third kappa shape index (κ3) is 8.20. The van der Waals surface area contributed by atoms with E-state index in [-0.39, 0.29) is 23.4 Å². The molecule has 2 unspecified atom stereocenters. The minimum atomic E-state index is -0.328. The van der Waals surface area contributed by atoms with Crippen LogP contribution in [0.15, 0.2) is 22.7 Å². The second-order valence-electron chi connectivity index (χ2n) is 9.59. The van der Waals surface area contributed by atoms with Gasteiger partial charge in [0.1, 0.15) is 11.4 Å². The van der Waals surface area contributed by atoms with Crippen LogP contribution in [0, 0.1) is 23.1 Å². The molecule has 0 amide bonds. The van der Waals surface area contributed by atoms with Crippen LogP contribution in [-0.2, 0) is 16.0 Å². The van der Waals surface area contributed by atoms with Crippen molar-refractivity contribution in [1.82, 2.24) is 0 Å². The number of hydrogen-bond donors (Lipinski definition) is 1. The van der Waals surface area contributed by atoms with Crippen LogP contribution in [0.1, 0.15) is 73.3 Å². The van der Waals surface area contributed by atoms with Crippen LogP contribution >= 0.6 is 15.9 Å². The molecule has 1 fully saturated rings. The summed E-state index contributed by atoms with van der Waals surface area (Å²) >= 11 is 3.25. The summed E-state index contributed by atoms with van der Waals surface area (Å²) in [7, 11) is 0. The van der Waals surface area contributed by atoms with Crippen LogP contribution in [0.25, 0.3) is 0 Å². The van der Waals surface area contributed by atoms with Crippen molar-refractivity contribution in [3.63, 3.8) is 0 Å². The molecule has 28 heavy (non-hydrogen) atoms. The minimum absolute atomic E-state index is 0.139. The van der Waals surface area contributed by atoms with E-state index in [1.54, 1.807) is 6.07 Å². The van der Waals surface area contributed by atoms with E-state index in [9.17, 15) is 9.18 Å². The lowest BCUT2D eigenvalue weighted by Gasteiger charge is -2.30. The highest BCUT2D eigenvalue weighted by molar-refractivity contribution is 9.10. The van der Waals surface area contributed by atoms with Crippen molar-refractivity contribution in [2.75, 3.05) is 0 Å². The van der Waals surface area contributed by atoms with E-state index in [0.29, 0.717) is 28.1 Å². The van der Waals surface area contributed by atoms with Gasteiger partial charge in [-0.15, -0.1) is 0 Å². The van der Waals surface area contributed by atoms with Gasteiger partial charge in [0.15, 0.2) is 0 Å². The number of halogens is 2. The minimum Gasteiger partial charge on any atom is -0.460 e. The molecule has 0 radical (unpaired) electrons. The second kappa shape index (κ2) is 10.2. The van der Waals surface area contributed by atoms with Crippen molar-refractivity contribution < 1.29 is 13.9 Å². The first-order valence-electron chi connectivity index (χ1n) is 10.2. The molecule has 2 rings (SSSR count). The van der Waals surface area contributed by atoms with Gasteiger partial charge in [0.25, 0.3) is 0 Å². The number of carbonyl (C=O) groups is 1. The predicted molar refractivity (Wildman–Crippen MR) is 118 cm³/mol. The van der Waals surface area contributed by atoms with Crippen molar-refractivity contribution in [1.29, 1.82) is 0 Å². The number of rotatable bonds is 6. The molecule has 2 atom stereocenters. The third-order valence-electron chi connectivity index (χ3n) is 5.05. The summed E-state index contributed by atoms with van der Waals surface area (Å²) < 4.78 is 19.4.